The normalized spacial score (nSPS) is 9.95. The van der Waals surface area contributed by atoms with Crippen LogP contribution in [0, 0.1) is 11.3 Å². The SMILES string of the molecule is N#Cc1ccc(NC(=S)NC(=O)/C=C/c2ccccc2)cc1. The molecule has 0 heterocycles. The van der Waals surface area contributed by atoms with Crippen LogP contribution in [-0.4, -0.2) is 11.0 Å². The number of amides is 1. The van der Waals surface area contributed by atoms with Gasteiger partial charge in [0.2, 0.25) is 5.91 Å². The Hall–Kier alpha value is -2.97. The highest BCUT2D eigenvalue weighted by Crippen LogP contribution is 2.08. The Kier molecular flexibility index (Phi) is 5.41. The number of nitrogens with zero attached hydrogens (tertiary/aromatic N) is 1. The van der Waals surface area contributed by atoms with E-state index < -0.39 is 0 Å². The molecule has 4 nitrogen and oxygen atoms in total. The number of thiocarbonyl (C=S) groups is 1. The summed E-state index contributed by atoms with van der Waals surface area (Å²) in [7, 11) is 0. The maximum absolute atomic E-state index is 11.7. The lowest BCUT2D eigenvalue weighted by Crippen LogP contribution is -2.32. The molecule has 2 N–H and O–H groups in total. The van der Waals surface area contributed by atoms with Crippen molar-refractivity contribution in [1.29, 1.82) is 5.26 Å². The number of hydrogen-bond donors (Lipinski definition) is 2. The van der Waals surface area contributed by atoms with Crippen molar-refractivity contribution in [2.45, 2.75) is 0 Å². The Bertz CT molecular complexity index is 731. The predicted molar refractivity (Wildman–Crippen MR) is 91.0 cm³/mol. The number of nitriles is 1. The van der Waals surface area contributed by atoms with E-state index in [-0.39, 0.29) is 11.0 Å². The lowest BCUT2D eigenvalue weighted by molar-refractivity contribution is -0.115. The van der Waals surface area contributed by atoms with Crippen molar-refractivity contribution >= 4 is 35.0 Å². The smallest absolute Gasteiger partial charge is 0.250 e. The molecule has 0 saturated heterocycles. The lowest BCUT2D eigenvalue weighted by Gasteiger charge is -2.07. The minimum absolute atomic E-state index is 0.201. The standard InChI is InChI=1S/C17H13N3OS/c18-12-14-6-9-15(10-7-14)19-17(22)20-16(21)11-8-13-4-2-1-3-5-13/h1-11H,(H2,19,20,21,22)/b11-8+. The summed E-state index contributed by atoms with van der Waals surface area (Å²) in [4.78, 5) is 11.7. The van der Waals surface area contributed by atoms with Crippen molar-refractivity contribution in [3.63, 3.8) is 0 Å². The van der Waals surface area contributed by atoms with Gasteiger partial charge in [-0.25, -0.2) is 0 Å². The van der Waals surface area contributed by atoms with E-state index in [1.807, 2.05) is 36.4 Å². The monoisotopic (exact) mass is 307 g/mol. The molecular formula is C17H13N3OS. The van der Waals surface area contributed by atoms with Crippen LogP contribution < -0.4 is 10.6 Å². The van der Waals surface area contributed by atoms with E-state index in [1.165, 1.54) is 6.08 Å². The third-order valence-electron chi connectivity index (χ3n) is 2.74. The van der Waals surface area contributed by atoms with Crippen molar-refractivity contribution < 1.29 is 4.79 Å². The first-order valence-corrected chi connectivity index (χ1v) is 6.93. The molecule has 0 unspecified atom stereocenters. The third-order valence-corrected chi connectivity index (χ3v) is 2.94. The van der Waals surface area contributed by atoms with Gasteiger partial charge in [-0.15, -0.1) is 0 Å². The molecule has 0 aliphatic rings. The Morgan fingerprint density at radius 2 is 1.77 bits per heavy atom. The quantitative estimate of drug-likeness (QED) is 0.675. The average Bonchev–Trinajstić information content (AvgIpc) is 2.54. The first-order chi connectivity index (χ1) is 10.7. The molecule has 0 aliphatic heterocycles. The van der Waals surface area contributed by atoms with Gasteiger partial charge in [-0.05, 0) is 48.1 Å². The molecule has 0 saturated carbocycles. The summed E-state index contributed by atoms with van der Waals surface area (Å²) in [5, 5.41) is 14.4. The van der Waals surface area contributed by atoms with E-state index in [4.69, 9.17) is 17.5 Å². The van der Waals surface area contributed by atoms with E-state index >= 15 is 0 Å². The van der Waals surface area contributed by atoms with Crippen LogP contribution in [0.4, 0.5) is 5.69 Å². The molecule has 0 fully saturated rings. The van der Waals surface area contributed by atoms with E-state index in [2.05, 4.69) is 10.6 Å². The predicted octanol–water partition coefficient (Wildman–Crippen LogP) is 3.08. The zero-order chi connectivity index (χ0) is 15.8. The van der Waals surface area contributed by atoms with Crippen LogP contribution in [0.25, 0.3) is 6.08 Å². The van der Waals surface area contributed by atoms with Crippen LogP contribution >= 0.6 is 12.2 Å². The second-order valence-electron chi connectivity index (χ2n) is 4.38. The van der Waals surface area contributed by atoms with Crippen LogP contribution in [0.1, 0.15) is 11.1 Å². The molecule has 22 heavy (non-hydrogen) atoms. The number of benzene rings is 2. The van der Waals surface area contributed by atoms with Gasteiger partial charge < -0.3 is 5.32 Å². The molecule has 0 radical (unpaired) electrons. The Morgan fingerprint density at radius 1 is 1.09 bits per heavy atom. The van der Waals surface area contributed by atoms with Gasteiger partial charge in [-0.2, -0.15) is 5.26 Å². The van der Waals surface area contributed by atoms with Gasteiger partial charge in [0.1, 0.15) is 0 Å². The fourth-order valence-electron chi connectivity index (χ4n) is 1.68. The van der Waals surface area contributed by atoms with Gasteiger partial charge in [0.05, 0.1) is 11.6 Å². The highest BCUT2D eigenvalue weighted by Gasteiger charge is 2.01. The molecule has 0 atom stereocenters. The van der Waals surface area contributed by atoms with Crippen LogP contribution in [0.5, 0.6) is 0 Å². The maximum Gasteiger partial charge on any atom is 0.250 e. The van der Waals surface area contributed by atoms with Gasteiger partial charge in [-0.3, -0.25) is 10.1 Å². The largest absolute Gasteiger partial charge is 0.332 e. The zero-order valence-electron chi connectivity index (χ0n) is 11.6. The van der Waals surface area contributed by atoms with Crippen molar-refractivity contribution in [3.8, 4) is 6.07 Å². The first kappa shape index (κ1) is 15.4. The molecule has 0 aromatic heterocycles. The molecule has 0 spiro atoms. The third kappa shape index (κ3) is 4.85. The molecule has 108 valence electrons. The summed E-state index contributed by atoms with van der Waals surface area (Å²) >= 11 is 5.06. The van der Waals surface area contributed by atoms with E-state index in [0.29, 0.717) is 11.3 Å². The van der Waals surface area contributed by atoms with Crippen molar-refractivity contribution in [1.82, 2.24) is 5.32 Å². The fraction of sp³-hybridized carbons (Fsp3) is 0. The maximum atomic E-state index is 11.7. The number of hydrogen-bond acceptors (Lipinski definition) is 3. The molecule has 2 rings (SSSR count). The van der Waals surface area contributed by atoms with Crippen molar-refractivity contribution in [3.05, 3.63) is 71.8 Å². The van der Waals surface area contributed by atoms with Crippen LogP contribution in [-0.2, 0) is 4.79 Å². The molecule has 5 heteroatoms. The minimum atomic E-state index is -0.310. The van der Waals surface area contributed by atoms with Crippen LogP contribution in [0.2, 0.25) is 0 Å². The summed E-state index contributed by atoms with van der Waals surface area (Å²) < 4.78 is 0. The summed E-state index contributed by atoms with van der Waals surface area (Å²) in [6.45, 7) is 0. The molecule has 2 aromatic carbocycles. The van der Waals surface area contributed by atoms with Gasteiger partial charge >= 0.3 is 0 Å². The molecule has 1 amide bonds. The zero-order valence-corrected chi connectivity index (χ0v) is 12.4. The van der Waals surface area contributed by atoms with Crippen molar-refractivity contribution in [2.75, 3.05) is 5.32 Å². The van der Waals surface area contributed by atoms with E-state index in [1.54, 1.807) is 30.3 Å². The van der Waals surface area contributed by atoms with Crippen LogP contribution in [0.3, 0.4) is 0 Å². The van der Waals surface area contributed by atoms with E-state index in [0.717, 1.165) is 5.56 Å². The lowest BCUT2D eigenvalue weighted by atomic mass is 10.2. The second-order valence-corrected chi connectivity index (χ2v) is 4.78. The molecular weight excluding hydrogens is 294 g/mol. The van der Waals surface area contributed by atoms with Gasteiger partial charge in [-0.1, -0.05) is 30.3 Å². The van der Waals surface area contributed by atoms with Crippen LogP contribution in [0.15, 0.2) is 60.7 Å². The Labute approximate surface area is 134 Å². The molecule has 2 aromatic rings. The summed E-state index contributed by atoms with van der Waals surface area (Å²) in [5.74, 6) is -0.310. The fourth-order valence-corrected chi connectivity index (χ4v) is 1.90. The second kappa shape index (κ2) is 7.72. The number of carbonyl (C=O) groups excluding carboxylic acids is 1. The minimum Gasteiger partial charge on any atom is -0.332 e. The number of carbonyl (C=O) groups is 1. The number of nitrogens with one attached hydrogen (secondary N) is 2. The van der Waals surface area contributed by atoms with E-state index in [9.17, 15) is 4.79 Å². The molecule has 0 aliphatic carbocycles. The summed E-state index contributed by atoms with van der Waals surface area (Å²) in [6, 6.07) is 18.3. The van der Waals surface area contributed by atoms with Gasteiger partial charge in [0, 0.05) is 11.8 Å². The Balaban J connectivity index is 1.87. The van der Waals surface area contributed by atoms with Gasteiger partial charge in [0.15, 0.2) is 5.11 Å². The highest BCUT2D eigenvalue weighted by molar-refractivity contribution is 7.80. The number of anilines is 1. The summed E-state index contributed by atoms with van der Waals surface area (Å²) in [5.41, 5.74) is 2.20. The average molecular weight is 307 g/mol. The summed E-state index contributed by atoms with van der Waals surface area (Å²) in [6.07, 6.45) is 3.13. The number of rotatable bonds is 3. The molecule has 0 bridgehead atoms. The van der Waals surface area contributed by atoms with Crippen molar-refractivity contribution in [2.24, 2.45) is 0 Å². The topological polar surface area (TPSA) is 64.9 Å². The first-order valence-electron chi connectivity index (χ1n) is 6.52. The highest BCUT2D eigenvalue weighted by atomic mass is 32.1. The Morgan fingerprint density at radius 3 is 2.41 bits per heavy atom. The van der Waals surface area contributed by atoms with Gasteiger partial charge in [0.25, 0.3) is 0 Å².